The van der Waals surface area contributed by atoms with E-state index in [0.717, 1.165) is 19.4 Å². The Labute approximate surface area is 98.2 Å². The van der Waals surface area contributed by atoms with Crippen molar-refractivity contribution in [2.45, 2.75) is 31.9 Å². The van der Waals surface area contributed by atoms with Crippen molar-refractivity contribution in [3.05, 3.63) is 11.6 Å². The molecule has 1 aromatic rings. The minimum Gasteiger partial charge on any atom is -0.376 e. The van der Waals surface area contributed by atoms with Gasteiger partial charge >= 0.3 is 6.03 Å². The first-order chi connectivity index (χ1) is 7.75. The van der Waals surface area contributed by atoms with E-state index in [4.69, 9.17) is 4.74 Å². The maximum Gasteiger partial charge on any atom is 0.321 e. The van der Waals surface area contributed by atoms with Crippen molar-refractivity contribution in [1.82, 2.24) is 10.3 Å². The molecule has 0 radical (unpaired) electrons. The molecule has 6 heteroatoms. The van der Waals surface area contributed by atoms with Crippen molar-refractivity contribution < 1.29 is 9.53 Å². The van der Waals surface area contributed by atoms with Crippen LogP contribution in [0.4, 0.5) is 9.93 Å². The molecule has 0 saturated carbocycles. The summed E-state index contributed by atoms with van der Waals surface area (Å²) in [5, 5.41) is 7.96. The molecule has 1 saturated heterocycles. The van der Waals surface area contributed by atoms with Gasteiger partial charge in [0.25, 0.3) is 0 Å². The normalized spacial score (nSPS) is 21.7. The largest absolute Gasteiger partial charge is 0.376 e. The average molecular weight is 241 g/mol. The molecule has 1 aromatic heterocycles. The summed E-state index contributed by atoms with van der Waals surface area (Å²) in [5.74, 6) is 0. The van der Waals surface area contributed by atoms with Gasteiger partial charge in [-0.25, -0.2) is 9.78 Å². The number of carbonyl (C=O) groups excluding carboxylic acids is 1. The van der Waals surface area contributed by atoms with E-state index in [2.05, 4.69) is 15.6 Å². The number of carbonyl (C=O) groups is 1. The van der Waals surface area contributed by atoms with Crippen LogP contribution in [0.1, 0.15) is 19.8 Å². The molecule has 2 amide bonds. The van der Waals surface area contributed by atoms with Gasteiger partial charge in [-0.1, -0.05) is 0 Å². The van der Waals surface area contributed by atoms with E-state index < -0.39 is 0 Å². The highest BCUT2D eigenvalue weighted by Gasteiger charge is 2.23. The van der Waals surface area contributed by atoms with Gasteiger partial charge < -0.3 is 10.1 Å². The lowest BCUT2D eigenvalue weighted by atomic mass is 10.1. The van der Waals surface area contributed by atoms with E-state index in [9.17, 15) is 4.79 Å². The zero-order chi connectivity index (χ0) is 11.4. The van der Waals surface area contributed by atoms with E-state index in [1.54, 1.807) is 6.20 Å². The van der Waals surface area contributed by atoms with Crippen molar-refractivity contribution in [1.29, 1.82) is 0 Å². The fraction of sp³-hybridized carbons (Fsp3) is 0.600. The third kappa shape index (κ3) is 2.93. The van der Waals surface area contributed by atoms with Gasteiger partial charge in [-0.05, 0) is 19.8 Å². The lowest BCUT2D eigenvalue weighted by Gasteiger charge is -2.19. The fourth-order valence-electron chi connectivity index (χ4n) is 1.72. The Morgan fingerprint density at radius 2 is 2.62 bits per heavy atom. The SMILES string of the molecule is CC(NC(=O)Nc1nccs1)C1CCCO1. The number of hydrogen-bond donors (Lipinski definition) is 2. The lowest BCUT2D eigenvalue weighted by Crippen LogP contribution is -2.42. The smallest absolute Gasteiger partial charge is 0.321 e. The number of anilines is 1. The number of nitrogens with one attached hydrogen (secondary N) is 2. The minimum absolute atomic E-state index is 0.0301. The molecule has 1 aliphatic heterocycles. The Balaban J connectivity index is 1.78. The van der Waals surface area contributed by atoms with Crippen LogP contribution in [0.3, 0.4) is 0 Å². The van der Waals surface area contributed by atoms with E-state index in [-0.39, 0.29) is 18.2 Å². The second-order valence-corrected chi connectivity index (χ2v) is 4.67. The molecule has 0 bridgehead atoms. The summed E-state index contributed by atoms with van der Waals surface area (Å²) in [6.45, 7) is 2.75. The molecule has 1 fully saturated rings. The average Bonchev–Trinajstić information content (AvgIpc) is 2.88. The number of aromatic nitrogens is 1. The van der Waals surface area contributed by atoms with Gasteiger partial charge in [0.2, 0.25) is 0 Å². The highest BCUT2D eigenvalue weighted by atomic mass is 32.1. The van der Waals surface area contributed by atoms with E-state index in [1.807, 2.05) is 12.3 Å². The Kier molecular flexibility index (Phi) is 3.74. The van der Waals surface area contributed by atoms with Crippen LogP contribution < -0.4 is 10.6 Å². The maximum atomic E-state index is 11.6. The standard InChI is InChI=1S/C10H15N3O2S/c1-7(8-3-2-5-15-8)12-9(14)13-10-11-4-6-16-10/h4,6-8H,2-3,5H2,1H3,(H2,11,12,13,14). The van der Waals surface area contributed by atoms with Crippen LogP contribution in [-0.2, 0) is 4.74 Å². The van der Waals surface area contributed by atoms with Crippen LogP contribution in [0.15, 0.2) is 11.6 Å². The maximum absolute atomic E-state index is 11.6. The van der Waals surface area contributed by atoms with Crippen molar-refractivity contribution in [3.63, 3.8) is 0 Å². The van der Waals surface area contributed by atoms with Crippen LogP contribution in [-0.4, -0.2) is 29.8 Å². The summed E-state index contributed by atoms with van der Waals surface area (Å²) < 4.78 is 5.50. The molecular weight excluding hydrogens is 226 g/mol. The Hall–Kier alpha value is -1.14. The number of nitrogens with zero attached hydrogens (tertiary/aromatic N) is 1. The van der Waals surface area contributed by atoms with Gasteiger partial charge in [0.15, 0.2) is 5.13 Å². The molecular formula is C10H15N3O2S. The molecule has 2 atom stereocenters. The summed E-state index contributed by atoms with van der Waals surface area (Å²) >= 11 is 1.40. The lowest BCUT2D eigenvalue weighted by molar-refractivity contribution is 0.0868. The van der Waals surface area contributed by atoms with Crippen molar-refractivity contribution in [2.24, 2.45) is 0 Å². The summed E-state index contributed by atoms with van der Waals surface area (Å²) in [6, 6.07) is -0.194. The minimum atomic E-state index is -0.224. The molecule has 2 unspecified atom stereocenters. The second kappa shape index (κ2) is 5.27. The Bertz CT molecular complexity index is 336. The topological polar surface area (TPSA) is 63.2 Å². The first kappa shape index (κ1) is 11.3. The Morgan fingerprint density at radius 3 is 3.25 bits per heavy atom. The van der Waals surface area contributed by atoms with Crippen LogP contribution in [0.5, 0.6) is 0 Å². The Morgan fingerprint density at radius 1 is 1.75 bits per heavy atom. The summed E-state index contributed by atoms with van der Waals surface area (Å²) in [7, 11) is 0. The summed E-state index contributed by atoms with van der Waals surface area (Å²) in [5.41, 5.74) is 0. The molecule has 2 N–H and O–H groups in total. The van der Waals surface area contributed by atoms with Crippen molar-refractivity contribution >= 4 is 22.5 Å². The first-order valence-electron chi connectivity index (χ1n) is 5.34. The van der Waals surface area contributed by atoms with Gasteiger partial charge in [0, 0.05) is 18.2 Å². The molecule has 0 aromatic carbocycles. The predicted octanol–water partition coefficient (Wildman–Crippen LogP) is 1.83. The number of thiazole rings is 1. The zero-order valence-corrected chi connectivity index (χ0v) is 9.92. The summed E-state index contributed by atoms with van der Waals surface area (Å²) in [6.07, 6.45) is 3.88. The second-order valence-electron chi connectivity index (χ2n) is 3.78. The van der Waals surface area contributed by atoms with E-state index >= 15 is 0 Å². The van der Waals surface area contributed by atoms with E-state index in [1.165, 1.54) is 11.3 Å². The number of hydrogen-bond acceptors (Lipinski definition) is 4. The molecule has 2 rings (SSSR count). The van der Waals surface area contributed by atoms with Crippen LogP contribution >= 0.6 is 11.3 Å². The first-order valence-corrected chi connectivity index (χ1v) is 6.22. The quantitative estimate of drug-likeness (QED) is 0.848. The molecule has 0 aliphatic carbocycles. The third-order valence-electron chi connectivity index (χ3n) is 2.53. The third-order valence-corrected chi connectivity index (χ3v) is 3.22. The predicted molar refractivity (Wildman–Crippen MR) is 62.7 cm³/mol. The number of amides is 2. The number of rotatable bonds is 3. The van der Waals surface area contributed by atoms with Crippen LogP contribution in [0.25, 0.3) is 0 Å². The van der Waals surface area contributed by atoms with Gasteiger partial charge in [-0.2, -0.15) is 0 Å². The number of ether oxygens (including phenoxy) is 1. The highest BCUT2D eigenvalue weighted by Crippen LogP contribution is 2.15. The molecule has 0 spiro atoms. The van der Waals surface area contributed by atoms with Crippen LogP contribution in [0.2, 0.25) is 0 Å². The summed E-state index contributed by atoms with van der Waals surface area (Å²) in [4.78, 5) is 15.5. The molecule has 5 nitrogen and oxygen atoms in total. The van der Waals surface area contributed by atoms with Gasteiger partial charge in [-0.3, -0.25) is 5.32 Å². The molecule has 2 heterocycles. The molecule has 88 valence electrons. The fourth-order valence-corrected chi connectivity index (χ4v) is 2.24. The molecule has 16 heavy (non-hydrogen) atoms. The highest BCUT2D eigenvalue weighted by molar-refractivity contribution is 7.13. The van der Waals surface area contributed by atoms with Gasteiger partial charge in [0.1, 0.15) is 0 Å². The van der Waals surface area contributed by atoms with Gasteiger partial charge in [0.05, 0.1) is 12.1 Å². The van der Waals surface area contributed by atoms with Gasteiger partial charge in [-0.15, -0.1) is 11.3 Å². The van der Waals surface area contributed by atoms with Crippen molar-refractivity contribution in [2.75, 3.05) is 11.9 Å². The molecule has 1 aliphatic rings. The monoisotopic (exact) mass is 241 g/mol. The van der Waals surface area contributed by atoms with E-state index in [0.29, 0.717) is 5.13 Å². The van der Waals surface area contributed by atoms with Crippen LogP contribution in [0, 0.1) is 0 Å². The zero-order valence-electron chi connectivity index (χ0n) is 9.10. The van der Waals surface area contributed by atoms with Crippen molar-refractivity contribution in [3.8, 4) is 0 Å². The number of urea groups is 1.